The van der Waals surface area contributed by atoms with Crippen LogP contribution < -0.4 is 21.7 Å². The first kappa shape index (κ1) is 78.0. The monoisotopic (exact) mass is 1330 g/mol. The van der Waals surface area contributed by atoms with E-state index in [4.69, 9.17) is 26.9 Å². The van der Waals surface area contributed by atoms with Crippen molar-refractivity contribution in [1.29, 1.82) is 10.5 Å². The van der Waals surface area contributed by atoms with Crippen LogP contribution in [0.1, 0.15) is 80.8 Å². The van der Waals surface area contributed by atoms with E-state index in [1.165, 1.54) is 101 Å². The van der Waals surface area contributed by atoms with Gasteiger partial charge in [-0.25, -0.2) is 55.4 Å². The van der Waals surface area contributed by atoms with Crippen LogP contribution in [-0.2, 0) is 58.6 Å². The molecule has 0 spiro atoms. The fourth-order valence-corrected chi connectivity index (χ4v) is 11.5. The van der Waals surface area contributed by atoms with Crippen molar-refractivity contribution in [3.8, 4) is 12.1 Å². The number of carbonyl (C=O) groups is 2. The number of benzene rings is 6. The minimum atomic E-state index is -3.71. The van der Waals surface area contributed by atoms with Crippen LogP contribution in [0.25, 0.3) is 0 Å². The molecule has 6 aromatic carbocycles. The molecule has 0 saturated carbocycles. The molecule has 0 saturated heterocycles. The zero-order chi connectivity index (χ0) is 67.5. The molecular weight excluding hydrogens is 1250 g/mol. The van der Waals surface area contributed by atoms with Crippen LogP contribution >= 0.6 is 10.7 Å². The summed E-state index contributed by atoms with van der Waals surface area (Å²) >= 11 is 0. The number of nitrogens with two attached hydrogens (primary N) is 1. The van der Waals surface area contributed by atoms with E-state index in [2.05, 4.69) is 16.0 Å². The summed E-state index contributed by atoms with van der Waals surface area (Å²) in [7, 11) is 3.49. The quantitative estimate of drug-likeness (QED) is 0.0436. The van der Waals surface area contributed by atoms with Gasteiger partial charge >= 0.3 is 0 Å². The topological polar surface area (TPSA) is 314 Å². The Bertz CT molecular complexity index is 3840. The normalized spacial score (nSPS) is 12.0. The molecule has 2 amide bonds. The van der Waals surface area contributed by atoms with Crippen molar-refractivity contribution >= 4 is 61.6 Å². The molecule has 0 radical (unpaired) electrons. The number of rotatable bonds is 22. The second-order valence-electron chi connectivity index (χ2n) is 20.2. The summed E-state index contributed by atoms with van der Waals surface area (Å²) in [5.41, 5.74) is 9.03. The Morgan fingerprint density at radius 2 is 1.02 bits per heavy atom. The van der Waals surface area contributed by atoms with Crippen molar-refractivity contribution in [2.45, 2.75) is 84.9 Å². The number of amides is 2. The first-order chi connectivity index (χ1) is 41.7. The van der Waals surface area contributed by atoms with E-state index in [9.17, 15) is 57.1 Å². The van der Waals surface area contributed by atoms with Gasteiger partial charge in [0, 0.05) is 103 Å². The van der Waals surface area contributed by atoms with E-state index < -0.39 is 68.8 Å². The number of hydrogen-bond acceptors (Lipinski definition) is 16. The SMILES string of the molecule is CCCN(CCC)C(=O)c1cc(C)cc(C(=O)N[C@@H](Cc2cc(F)cc(F)c2)[C@H](O)CNCc2cccc(S(=O)(=O)N(C)C)c2)c1.CN(C)S(=O)(=O)c1cccc(C#N)c1.CN(C)S(=O)(=O)c1cccc(CN)c1.CNC.N#Cc1cccc(S(=O)(=O)Cl)c1. The molecule has 0 aliphatic heterocycles. The van der Waals surface area contributed by atoms with Crippen molar-refractivity contribution < 1.29 is 57.1 Å². The standard InChI is InChI=1S/C34H44F2N4O5S.C9H14N2O2S.C9H10N2O2S.C7H4ClNO2S.C2H7N/c1-6-11-40(12-7-2)34(43)27-14-23(3)13-26(19-27)33(42)38-31(18-25-15-28(35)20-29(36)16-25)32(41)22-37-21-24-9-8-10-30(17-24)46(44,45)39(4)5;2*1-11(2)14(12,13)9-5-3-4-8(6-9)7-10;8-12(10,11)7-3-1-2-6(4-7)5-9;1-3-2/h8-10,13-17,19-20,31-32,37,41H,6-7,11-12,18,21-22H2,1-5H3,(H,38,42);3-6H,7,10H2,1-2H3;3-6H,1-2H3;1-4H;3H,1-2H3/t31-,32+;;;;/m0..../s1. The summed E-state index contributed by atoms with van der Waals surface area (Å²) < 4.78 is 125. The second-order valence-corrected chi connectivity index (χ2v) is 29.2. The van der Waals surface area contributed by atoms with Crippen LogP contribution in [0.2, 0.25) is 0 Å². The van der Waals surface area contributed by atoms with Gasteiger partial charge in [-0.15, -0.1) is 0 Å². The van der Waals surface area contributed by atoms with Gasteiger partial charge in [-0.1, -0.05) is 50.2 Å². The van der Waals surface area contributed by atoms with Crippen molar-refractivity contribution in [2.75, 3.05) is 76.0 Å². The molecule has 0 heterocycles. The molecule has 28 heteroatoms. The molecule has 0 unspecified atom stereocenters. The van der Waals surface area contributed by atoms with Gasteiger partial charge in [0.05, 0.1) is 55.0 Å². The van der Waals surface area contributed by atoms with E-state index in [1.807, 2.05) is 40.1 Å². The van der Waals surface area contributed by atoms with Crippen molar-refractivity contribution in [2.24, 2.45) is 5.73 Å². The van der Waals surface area contributed by atoms with Gasteiger partial charge in [0.25, 0.3) is 20.9 Å². The second kappa shape index (κ2) is 37.2. The highest BCUT2D eigenvalue weighted by Crippen LogP contribution is 2.20. The van der Waals surface area contributed by atoms with Gasteiger partial charge in [-0.2, -0.15) is 10.5 Å². The lowest BCUT2D eigenvalue weighted by Gasteiger charge is -2.25. The number of nitrogens with one attached hydrogen (secondary N) is 3. The molecule has 6 rings (SSSR count). The van der Waals surface area contributed by atoms with Gasteiger partial charge < -0.3 is 31.7 Å². The molecular formula is C61H79ClF2N10O11S4. The molecule has 6 aromatic rings. The molecule has 0 aliphatic carbocycles. The number of carbonyl (C=O) groups excluding carboxylic acids is 2. The number of halogens is 3. The molecule has 0 aromatic heterocycles. The maximum atomic E-state index is 14.0. The zero-order valence-electron chi connectivity index (χ0n) is 51.6. The van der Waals surface area contributed by atoms with Crippen molar-refractivity contribution in [3.05, 3.63) is 190 Å². The molecule has 0 bridgehead atoms. The maximum Gasteiger partial charge on any atom is 0.261 e. The number of aryl methyl sites for hydroxylation is 1. The Hall–Kier alpha value is -7.09. The van der Waals surface area contributed by atoms with E-state index in [0.29, 0.717) is 41.9 Å². The summed E-state index contributed by atoms with van der Waals surface area (Å²) in [4.78, 5) is 29.1. The Morgan fingerprint density at radius 1 is 0.607 bits per heavy atom. The number of hydrogen-bond donors (Lipinski definition) is 5. The summed E-state index contributed by atoms with van der Waals surface area (Å²) in [6, 6.07) is 35.1. The Kier molecular flexibility index (Phi) is 32.6. The van der Waals surface area contributed by atoms with Crippen LogP contribution in [0, 0.1) is 41.2 Å². The molecule has 0 fully saturated rings. The predicted octanol–water partition coefficient (Wildman–Crippen LogP) is 6.80. The lowest BCUT2D eigenvalue weighted by atomic mass is 9.99. The number of aliphatic hydroxyl groups is 1. The van der Waals surface area contributed by atoms with Crippen LogP contribution in [0.15, 0.2) is 153 Å². The molecule has 89 heavy (non-hydrogen) atoms. The highest BCUT2D eigenvalue weighted by molar-refractivity contribution is 8.13. The van der Waals surface area contributed by atoms with Crippen molar-refractivity contribution in [3.63, 3.8) is 0 Å². The number of sulfonamides is 3. The highest BCUT2D eigenvalue weighted by Gasteiger charge is 2.26. The first-order valence-electron chi connectivity index (χ1n) is 27.4. The highest BCUT2D eigenvalue weighted by atomic mass is 35.7. The number of aliphatic hydroxyl groups excluding tert-OH is 1. The average Bonchev–Trinajstić information content (AvgIpc) is 3.17. The Labute approximate surface area is 528 Å². The van der Waals surface area contributed by atoms with Gasteiger partial charge in [-0.05, 0) is 154 Å². The van der Waals surface area contributed by atoms with Gasteiger partial charge in [0.2, 0.25) is 30.1 Å². The Morgan fingerprint density at radius 3 is 1.46 bits per heavy atom. The fourth-order valence-electron chi connectivity index (χ4n) is 7.82. The molecule has 484 valence electrons. The van der Waals surface area contributed by atoms with E-state index in [-0.39, 0.29) is 61.7 Å². The summed E-state index contributed by atoms with van der Waals surface area (Å²) in [6.07, 6.45) is 0.289. The lowest BCUT2D eigenvalue weighted by Crippen LogP contribution is -2.48. The molecule has 0 aliphatic rings. The third-order valence-corrected chi connectivity index (χ3v) is 19.1. The minimum Gasteiger partial charge on any atom is -0.390 e. The molecule has 6 N–H and O–H groups in total. The van der Waals surface area contributed by atoms with Gasteiger partial charge in [-0.3, -0.25) is 9.59 Å². The Balaban J connectivity index is 0.000000501. The average molecular weight is 1330 g/mol. The first-order valence-corrected chi connectivity index (χ1v) is 34.0. The van der Waals surface area contributed by atoms with Crippen LogP contribution in [0.5, 0.6) is 0 Å². The number of nitriles is 2. The fraction of sp³-hybridized carbons (Fsp3) is 0.344. The third kappa shape index (κ3) is 25.4. The van der Waals surface area contributed by atoms with Crippen LogP contribution in [0.4, 0.5) is 8.78 Å². The van der Waals surface area contributed by atoms with Crippen LogP contribution in [-0.4, -0.2) is 157 Å². The predicted molar refractivity (Wildman–Crippen MR) is 340 cm³/mol. The van der Waals surface area contributed by atoms with Crippen molar-refractivity contribution in [1.82, 2.24) is 33.8 Å². The number of nitrogens with zero attached hydrogens (tertiary/aromatic N) is 6. The maximum absolute atomic E-state index is 14.0. The summed E-state index contributed by atoms with van der Waals surface area (Å²) in [5, 5.41) is 36.9. The minimum absolute atomic E-state index is 0.0338. The lowest BCUT2D eigenvalue weighted by molar-refractivity contribution is 0.0755. The third-order valence-electron chi connectivity index (χ3n) is 12.3. The van der Waals surface area contributed by atoms with Gasteiger partial charge in [0.15, 0.2) is 0 Å². The van der Waals surface area contributed by atoms with E-state index in [0.717, 1.165) is 45.2 Å². The summed E-state index contributed by atoms with van der Waals surface area (Å²) in [5.74, 6) is -2.31. The van der Waals surface area contributed by atoms with E-state index in [1.54, 1.807) is 72.5 Å². The van der Waals surface area contributed by atoms with Crippen LogP contribution in [0.3, 0.4) is 0 Å². The molecule has 21 nitrogen and oxygen atoms in total. The summed E-state index contributed by atoms with van der Waals surface area (Å²) in [6.45, 7) is 7.45. The van der Waals surface area contributed by atoms with E-state index >= 15 is 0 Å². The zero-order valence-corrected chi connectivity index (χ0v) is 55.6. The smallest absolute Gasteiger partial charge is 0.261 e. The molecule has 2 atom stereocenters. The van der Waals surface area contributed by atoms with Gasteiger partial charge in [0.1, 0.15) is 11.6 Å². The largest absolute Gasteiger partial charge is 0.390 e.